The van der Waals surface area contributed by atoms with E-state index in [0.29, 0.717) is 6.10 Å². The minimum atomic E-state index is 0.0924. The highest BCUT2D eigenvalue weighted by molar-refractivity contribution is 7.99. The molecule has 2 N–H and O–H groups in total. The molecule has 0 radical (unpaired) electrons. The van der Waals surface area contributed by atoms with Crippen LogP contribution >= 0.6 is 11.8 Å². The van der Waals surface area contributed by atoms with Gasteiger partial charge >= 0.3 is 0 Å². The Morgan fingerprint density at radius 1 is 1.40 bits per heavy atom. The SMILES string of the molecule is COc1c(OC2CCSC2)cccc1C1(C(C)N)CC1. The molecule has 1 saturated heterocycles. The number of nitrogens with two attached hydrogens (primary N) is 1. The van der Waals surface area contributed by atoms with Gasteiger partial charge in [-0.05, 0) is 38.0 Å². The summed E-state index contributed by atoms with van der Waals surface area (Å²) in [5.74, 6) is 4.03. The van der Waals surface area contributed by atoms with Crippen LogP contribution in [0.3, 0.4) is 0 Å². The average molecular weight is 293 g/mol. The number of methoxy groups -OCH3 is 1. The van der Waals surface area contributed by atoms with Gasteiger partial charge in [-0.3, -0.25) is 0 Å². The van der Waals surface area contributed by atoms with E-state index in [-0.39, 0.29) is 11.5 Å². The van der Waals surface area contributed by atoms with Gasteiger partial charge in [-0.25, -0.2) is 0 Å². The number of hydrogen-bond acceptors (Lipinski definition) is 4. The summed E-state index contributed by atoms with van der Waals surface area (Å²) in [5, 5.41) is 0. The Balaban J connectivity index is 1.91. The summed E-state index contributed by atoms with van der Waals surface area (Å²) in [7, 11) is 1.73. The van der Waals surface area contributed by atoms with Gasteiger partial charge in [-0.15, -0.1) is 0 Å². The van der Waals surface area contributed by atoms with Crippen molar-refractivity contribution in [2.45, 2.75) is 43.7 Å². The first-order valence-corrected chi connectivity index (χ1v) is 8.50. The Hall–Kier alpha value is -0.870. The summed E-state index contributed by atoms with van der Waals surface area (Å²) < 4.78 is 11.8. The van der Waals surface area contributed by atoms with Crippen molar-refractivity contribution in [1.29, 1.82) is 0 Å². The summed E-state index contributed by atoms with van der Waals surface area (Å²) in [6.07, 6.45) is 3.72. The molecule has 1 saturated carbocycles. The fourth-order valence-corrected chi connectivity index (χ4v) is 4.20. The van der Waals surface area contributed by atoms with Gasteiger partial charge in [0.2, 0.25) is 0 Å². The molecule has 4 heteroatoms. The van der Waals surface area contributed by atoms with E-state index >= 15 is 0 Å². The van der Waals surface area contributed by atoms with Crippen LogP contribution < -0.4 is 15.2 Å². The van der Waals surface area contributed by atoms with Crippen LogP contribution in [0.4, 0.5) is 0 Å². The van der Waals surface area contributed by atoms with Crippen molar-refractivity contribution in [3.8, 4) is 11.5 Å². The van der Waals surface area contributed by atoms with Crippen LogP contribution in [0.1, 0.15) is 31.7 Å². The van der Waals surface area contributed by atoms with Crippen LogP contribution in [0.2, 0.25) is 0 Å². The molecule has 2 fully saturated rings. The third kappa shape index (κ3) is 2.40. The largest absolute Gasteiger partial charge is 0.493 e. The number of ether oxygens (including phenoxy) is 2. The van der Waals surface area contributed by atoms with E-state index in [1.54, 1.807) is 7.11 Å². The Morgan fingerprint density at radius 2 is 2.20 bits per heavy atom. The van der Waals surface area contributed by atoms with Gasteiger partial charge in [0.1, 0.15) is 6.10 Å². The van der Waals surface area contributed by atoms with Crippen LogP contribution in [0.15, 0.2) is 18.2 Å². The van der Waals surface area contributed by atoms with Crippen molar-refractivity contribution in [1.82, 2.24) is 0 Å². The highest BCUT2D eigenvalue weighted by Gasteiger charge is 2.49. The summed E-state index contributed by atoms with van der Waals surface area (Å²) in [6, 6.07) is 6.37. The highest BCUT2D eigenvalue weighted by atomic mass is 32.2. The number of thioether (sulfide) groups is 1. The minimum absolute atomic E-state index is 0.0924. The van der Waals surface area contributed by atoms with Crippen LogP contribution in [0.5, 0.6) is 11.5 Å². The van der Waals surface area contributed by atoms with Gasteiger partial charge in [0.05, 0.1) is 7.11 Å². The lowest BCUT2D eigenvalue weighted by molar-refractivity contribution is 0.217. The lowest BCUT2D eigenvalue weighted by atomic mass is 9.88. The van der Waals surface area contributed by atoms with E-state index in [9.17, 15) is 0 Å². The normalized spacial score (nSPS) is 25.2. The average Bonchev–Trinajstić information content (AvgIpc) is 3.11. The number of rotatable bonds is 5. The summed E-state index contributed by atoms with van der Waals surface area (Å²) in [6.45, 7) is 2.09. The highest BCUT2D eigenvalue weighted by Crippen LogP contribution is 2.55. The molecule has 110 valence electrons. The first-order valence-electron chi connectivity index (χ1n) is 7.35. The first-order chi connectivity index (χ1) is 9.67. The van der Waals surface area contributed by atoms with Crippen molar-refractivity contribution in [2.24, 2.45) is 5.73 Å². The molecule has 0 bridgehead atoms. The van der Waals surface area contributed by atoms with Gasteiger partial charge in [-0.1, -0.05) is 12.1 Å². The molecular formula is C16H23NO2S. The summed E-state index contributed by atoms with van der Waals surface area (Å²) in [4.78, 5) is 0. The van der Waals surface area contributed by atoms with Crippen LogP contribution in [0.25, 0.3) is 0 Å². The molecule has 3 nitrogen and oxygen atoms in total. The fourth-order valence-electron chi connectivity index (χ4n) is 3.10. The van der Waals surface area contributed by atoms with E-state index in [1.165, 1.54) is 11.3 Å². The first kappa shape index (κ1) is 14.1. The Labute approximate surface area is 125 Å². The third-order valence-corrected chi connectivity index (χ3v) is 5.69. The van der Waals surface area contributed by atoms with E-state index in [4.69, 9.17) is 15.2 Å². The molecule has 2 unspecified atom stereocenters. The Kier molecular flexibility index (Phi) is 3.87. The molecule has 1 aromatic carbocycles. The van der Waals surface area contributed by atoms with Crippen LogP contribution in [0, 0.1) is 0 Å². The summed E-state index contributed by atoms with van der Waals surface area (Å²) in [5.41, 5.74) is 7.52. The van der Waals surface area contributed by atoms with Gasteiger partial charge in [0, 0.05) is 22.8 Å². The molecule has 2 atom stereocenters. The molecule has 0 aromatic heterocycles. The number of benzene rings is 1. The zero-order valence-corrected chi connectivity index (χ0v) is 13.0. The van der Waals surface area contributed by atoms with Gasteiger partial charge in [0.15, 0.2) is 11.5 Å². The number of para-hydroxylation sites is 1. The van der Waals surface area contributed by atoms with E-state index in [0.717, 1.165) is 36.5 Å². The zero-order valence-electron chi connectivity index (χ0n) is 12.2. The van der Waals surface area contributed by atoms with Crippen molar-refractivity contribution in [3.05, 3.63) is 23.8 Å². The molecule has 0 amide bonds. The molecule has 1 heterocycles. The maximum atomic E-state index is 6.20. The van der Waals surface area contributed by atoms with Crippen LogP contribution in [-0.2, 0) is 5.41 Å². The minimum Gasteiger partial charge on any atom is -0.493 e. The van der Waals surface area contributed by atoms with Crippen LogP contribution in [-0.4, -0.2) is 30.8 Å². The lowest BCUT2D eigenvalue weighted by Crippen LogP contribution is -2.32. The quantitative estimate of drug-likeness (QED) is 0.906. The molecular weight excluding hydrogens is 270 g/mol. The Morgan fingerprint density at radius 3 is 2.75 bits per heavy atom. The second-order valence-corrected chi connectivity index (χ2v) is 7.04. The standard InChI is InChI=1S/C16H23NO2S/c1-11(17)16(7-8-16)13-4-3-5-14(15(13)18-2)19-12-6-9-20-10-12/h3-5,11-12H,6-10,17H2,1-2H3. The number of hydrogen-bond donors (Lipinski definition) is 1. The van der Waals surface area contributed by atoms with Gasteiger partial charge < -0.3 is 15.2 Å². The third-order valence-electron chi connectivity index (χ3n) is 4.56. The molecule has 1 aromatic rings. The second-order valence-electron chi connectivity index (χ2n) is 5.89. The monoisotopic (exact) mass is 293 g/mol. The van der Waals surface area contributed by atoms with E-state index < -0.39 is 0 Å². The zero-order chi connectivity index (χ0) is 14.2. The fraction of sp³-hybridized carbons (Fsp3) is 0.625. The van der Waals surface area contributed by atoms with Crippen molar-refractivity contribution >= 4 is 11.8 Å². The molecule has 0 spiro atoms. The second kappa shape index (κ2) is 5.49. The predicted octanol–water partition coefficient (Wildman–Crippen LogP) is 2.96. The topological polar surface area (TPSA) is 44.5 Å². The van der Waals surface area contributed by atoms with Gasteiger partial charge in [0.25, 0.3) is 0 Å². The molecule has 1 aliphatic carbocycles. The van der Waals surface area contributed by atoms with Gasteiger partial charge in [-0.2, -0.15) is 11.8 Å². The van der Waals surface area contributed by atoms with Crippen molar-refractivity contribution in [2.75, 3.05) is 18.6 Å². The van der Waals surface area contributed by atoms with Crippen molar-refractivity contribution in [3.63, 3.8) is 0 Å². The Bertz CT molecular complexity index is 479. The smallest absolute Gasteiger partial charge is 0.164 e. The summed E-state index contributed by atoms with van der Waals surface area (Å²) >= 11 is 1.96. The molecule has 3 rings (SSSR count). The maximum absolute atomic E-state index is 6.20. The predicted molar refractivity (Wildman–Crippen MR) is 83.9 cm³/mol. The van der Waals surface area contributed by atoms with E-state index in [2.05, 4.69) is 19.1 Å². The maximum Gasteiger partial charge on any atom is 0.164 e. The lowest BCUT2D eigenvalue weighted by Gasteiger charge is -2.25. The molecule has 1 aliphatic heterocycles. The molecule has 2 aliphatic rings. The van der Waals surface area contributed by atoms with E-state index in [1.807, 2.05) is 17.8 Å². The van der Waals surface area contributed by atoms with Crippen molar-refractivity contribution < 1.29 is 9.47 Å². The molecule has 20 heavy (non-hydrogen) atoms.